The minimum Gasteiger partial charge on any atom is -0.508 e. The first-order chi connectivity index (χ1) is 27.3. The van der Waals surface area contributed by atoms with Gasteiger partial charge in [-0.3, -0.25) is 24.1 Å². The Morgan fingerprint density at radius 3 is 2.20 bits per heavy atom. The van der Waals surface area contributed by atoms with Crippen LogP contribution >= 0.6 is 11.6 Å². The lowest BCUT2D eigenvalue weighted by Crippen LogP contribution is -2.53. The van der Waals surface area contributed by atoms with E-state index in [-0.39, 0.29) is 30.4 Å². The quantitative estimate of drug-likeness (QED) is 0.147. The van der Waals surface area contributed by atoms with Crippen LogP contribution in [-0.2, 0) is 29.3 Å². The summed E-state index contributed by atoms with van der Waals surface area (Å²) in [6, 6.07) is 34.8. The molecule has 10 heteroatoms. The van der Waals surface area contributed by atoms with Crippen molar-refractivity contribution in [3.05, 3.63) is 143 Å². The molecule has 3 heterocycles. The Morgan fingerprint density at radius 1 is 0.696 bits per heavy atom. The summed E-state index contributed by atoms with van der Waals surface area (Å²) >= 11 is 6.46. The molecule has 4 amide bonds. The van der Waals surface area contributed by atoms with Crippen molar-refractivity contribution >= 4 is 63.1 Å². The van der Waals surface area contributed by atoms with E-state index in [0.717, 1.165) is 35.1 Å². The molecule has 3 saturated heterocycles. The maximum absolute atomic E-state index is 15.6. The van der Waals surface area contributed by atoms with Gasteiger partial charge in [-0.1, -0.05) is 90.0 Å². The zero-order valence-corrected chi connectivity index (χ0v) is 31.1. The molecule has 0 bridgehead atoms. The van der Waals surface area contributed by atoms with Crippen LogP contribution in [0.2, 0.25) is 5.02 Å². The highest BCUT2D eigenvalue weighted by Gasteiger charge is 2.70. The number of carbonyl (C=O) groups is 4. The third kappa shape index (κ3) is 4.96. The van der Waals surface area contributed by atoms with Crippen LogP contribution in [-0.4, -0.2) is 55.0 Å². The molecule has 2 aliphatic carbocycles. The molecule has 280 valence electrons. The molecule has 6 atom stereocenters. The second-order valence-corrected chi connectivity index (χ2v) is 15.9. The van der Waals surface area contributed by atoms with E-state index in [0.29, 0.717) is 40.7 Å². The lowest BCUT2D eigenvalue weighted by Gasteiger charge is -2.51. The van der Waals surface area contributed by atoms with Gasteiger partial charge >= 0.3 is 0 Å². The van der Waals surface area contributed by atoms with Crippen molar-refractivity contribution in [2.45, 2.75) is 24.2 Å². The Morgan fingerprint density at radius 2 is 1.43 bits per heavy atom. The molecule has 0 spiro atoms. The molecule has 0 unspecified atom stereocenters. The van der Waals surface area contributed by atoms with Crippen LogP contribution in [0.1, 0.15) is 29.9 Å². The summed E-state index contributed by atoms with van der Waals surface area (Å²) in [7, 11) is 0. The van der Waals surface area contributed by atoms with Crippen molar-refractivity contribution in [1.29, 1.82) is 0 Å². The van der Waals surface area contributed by atoms with E-state index in [1.165, 1.54) is 9.80 Å². The Labute approximate surface area is 328 Å². The van der Waals surface area contributed by atoms with E-state index in [1.54, 1.807) is 30.3 Å². The molecule has 56 heavy (non-hydrogen) atoms. The van der Waals surface area contributed by atoms with Gasteiger partial charge in [0.05, 0.1) is 47.8 Å². The van der Waals surface area contributed by atoms with Crippen LogP contribution in [0.3, 0.4) is 0 Å². The number of phenols is 1. The highest BCUT2D eigenvalue weighted by molar-refractivity contribution is 6.32. The van der Waals surface area contributed by atoms with E-state index in [4.69, 9.17) is 16.3 Å². The third-order valence-corrected chi connectivity index (χ3v) is 13.1. The molecule has 0 radical (unpaired) electrons. The Hall–Kier alpha value is -5.77. The number of fused-ring (bicyclic) bond motifs is 5. The van der Waals surface area contributed by atoms with Gasteiger partial charge in [-0.25, -0.2) is 4.90 Å². The average molecular weight is 764 g/mol. The fourth-order valence-electron chi connectivity index (χ4n) is 10.5. The topological polar surface area (TPSA) is 107 Å². The minimum absolute atomic E-state index is 0.0105. The van der Waals surface area contributed by atoms with Crippen LogP contribution < -0.4 is 14.7 Å². The average Bonchev–Trinajstić information content (AvgIpc) is 3.62. The van der Waals surface area contributed by atoms with E-state index < -0.39 is 46.8 Å². The first kappa shape index (κ1) is 34.7. The summed E-state index contributed by atoms with van der Waals surface area (Å²) in [4.78, 5) is 64.7. The molecular weight excluding hydrogens is 726 g/mol. The van der Waals surface area contributed by atoms with Gasteiger partial charge in [0, 0.05) is 35.3 Å². The van der Waals surface area contributed by atoms with Crippen LogP contribution in [0.4, 0.5) is 17.1 Å². The Bertz CT molecular complexity index is 2480. The van der Waals surface area contributed by atoms with Gasteiger partial charge in [0.15, 0.2) is 0 Å². The molecule has 5 aliphatic rings. The number of carbonyl (C=O) groups excluding carboxylic acids is 4. The lowest BCUT2D eigenvalue weighted by atomic mass is 9.48. The first-order valence-electron chi connectivity index (χ1n) is 19.2. The van der Waals surface area contributed by atoms with Crippen molar-refractivity contribution in [3.8, 4) is 5.75 Å². The molecule has 3 aliphatic heterocycles. The van der Waals surface area contributed by atoms with Gasteiger partial charge in [-0.2, -0.15) is 0 Å². The maximum atomic E-state index is 15.6. The van der Waals surface area contributed by atoms with E-state index in [2.05, 4.69) is 4.90 Å². The predicted octanol–water partition coefficient (Wildman–Crippen LogP) is 7.40. The summed E-state index contributed by atoms with van der Waals surface area (Å²) in [5, 5.41) is 14.0. The molecule has 5 aromatic rings. The highest BCUT2D eigenvalue weighted by atomic mass is 35.5. The number of benzene rings is 5. The zero-order chi connectivity index (χ0) is 38.3. The molecule has 9 nitrogen and oxygen atoms in total. The SMILES string of the molecule is O=C1[C@H]2[C@H](CC=C3[C@H]2C[C@H]2C(=O)N(c4cccc(Cl)c4)C(=O)[C@@]2(c2ccccc2)[C@H]3c2c(O)ccc3ccccc23)C(=O)N1c1ccc(N2CCOCC2)cc1. The third-order valence-electron chi connectivity index (χ3n) is 12.9. The van der Waals surface area contributed by atoms with E-state index >= 15 is 9.59 Å². The van der Waals surface area contributed by atoms with Crippen LogP contribution in [0, 0.1) is 23.7 Å². The smallest absolute Gasteiger partial charge is 0.246 e. The zero-order valence-electron chi connectivity index (χ0n) is 30.4. The number of hydrogen-bond donors (Lipinski definition) is 1. The second kappa shape index (κ2) is 13.2. The lowest BCUT2D eigenvalue weighted by molar-refractivity contribution is -0.127. The van der Waals surface area contributed by atoms with Crippen molar-refractivity contribution in [2.24, 2.45) is 23.7 Å². The van der Waals surface area contributed by atoms with Crippen LogP contribution in [0.15, 0.2) is 127 Å². The fraction of sp³-hybridized carbons (Fsp3) is 0.261. The number of allylic oxidation sites excluding steroid dienone is 2. The molecule has 0 aromatic heterocycles. The van der Waals surface area contributed by atoms with E-state index in [1.807, 2.05) is 91.0 Å². The highest BCUT2D eigenvalue weighted by Crippen LogP contribution is 2.66. The first-order valence-corrected chi connectivity index (χ1v) is 19.6. The maximum Gasteiger partial charge on any atom is 0.246 e. The molecule has 5 aromatic carbocycles. The number of aromatic hydroxyl groups is 1. The number of anilines is 3. The van der Waals surface area contributed by atoms with Crippen LogP contribution in [0.5, 0.6) is 5.75 Å². The van der Waals surface area contributed by atoms with E-state index in [9.17, 15) is 14.7 Å². The van der Waals surface area contributed by atoms with Gasteiger partial charge in [0.1, 0.15) is 5.75 Å². The van der Waals surface area contributed by atoms with Gasteiger partial charge in [-0.15, -0.1) is 0 Å². The van der Waals surface area contributed by atoms with Gasteiger partial charge in [0.2, 0.25) is 23.6 Å². The summed E-state index contributed by atoms with van der Waals surface area (Å²) < 4.78 is 5.51. The normalized spacial score (nSPS) is 27.3. The number of ether oxygens (including phenoxy) is 1. The standard InChI is InChI=1S/C46H38ClN3O6/c47-29-10-6-11-32(25-29)50-43(53)37-26-36-34(18-19-35-39(36)44(54)49(42(35)52)31-16-14-30(15-17-31)48-21-23-56-24-22-48)41(46(37,45(50)55)28-8-2-1-3-9-28)40-33-12-5-4-7-27(33)13-20-38(40)51/h1-18,20,25,35-37,39,41,51H,19,21-24,26H2/t35-,36+,37-,39-,41+,46+/m0/s1. The number of hydrogen-bond acceptors (Lipinski definition) is 7. The fourth-order valence-corrected chi connectivity index (χ4v) is 10.7. The van der Waals surface area contributed by atoms with Crippen LogP contribution in [0.25, 0.3) is 10.8 Å². The summed E-state index contributed by atoms with van der Waals surface area (Å²) in [5.41, 5.74) is 2.30. The summed E-state index contributed by atoms with van der Waals surface area (Å²) in [5.74, 6) is -5.19. The van der Waals surface area contributed by atoms with Crippen molar-refractivity contribution in [1.82, 2.24) is 0 Å². The number of rotatable bonds is 5. The molecule has 1 N–H and O–H groups in total. The number of imide groups is 2. The second-order valence-electron chi connectivity index (χ2n) is 15.4. The van der Waals surface area contributed by atoms with Crippen molar-refractivity contribution in [2.75, 3.05) is 41.0 Å². The Balaban J connectivity index is 1.15. The number of amides is 4. The largest absolute Gasteiger partial charge is 0.508 e. The van der Waals surface area contributed by atoms with Crippen molar-refractivity contribution < 1.29 is 29.0 Å². The molecule has 10 rings (SSSR count). The molecule has 1 saturated carbocycles. The van der Waals surface area contributed by atoms with Gasteiger partial charge in [0.25, 0.3) is 0 Å². The number of nitrogens with zero attached hydrogens (tertiary/aromatic N) is 3. The summed E-state index contributed by atoms with van der Waals surface area (Å²) in [6.07, 6.45) is 2.46. The monoisotopic (exact) mass is 763 g/mol. The summed E-state index contributed by atoms with van der Waals surface area (Å²) in [6.45, 7) is 2.80. The molecular formula is C46H38ClN3O6. The van der Waals surface area contributed by atoms with Gasteiger partial charge in [-0.05, 0) is 83.6 Å². The number of morpholine rings is 1. The molecule has 4 fully saturated rings. The minimum atomic E-state index is -1.50. The van der Waals surface area contributed by atoms with Gasteiger partial charge < -0.3 is 14.7 Å². The Kier molecular flexibility index (Phi) is 8.16. The van der Waals surface area contributed by atoms with Crippen molar-refractivity contribution in [3.63, 3.8) is 0 Å². The number of phenolic OH excluding ortho intramolecular Hbond substituents is 1. The predicted molar refractivity (Wildman–Crippen MR) is 214 cm³/mol. The number of halogens is 1.